The fourth-order valence-corrected chi connectivity index (χ4v) is 4.65. The van der Waals surface area contributed by atoms with Gasteiger partial charge in [-0.25, -0.2) is 13.8 Å². The molecule has 28 heavy (non-hydrogen) atoms. The van der Waals surface area contributed by atoms with E-state index in [2.05, 4.69) is 4.98 Å². The van der Waals surface area contributed by atoms with Crippen LogP contribution < -0.4 is 5.56 Å². The summed E-state index contributed by atoms with van der Waals surface area (Å²) in [6.45, 7) is 3.92. The molecular formula is C21H16F2N2OS2. The highest BCUT2D eigenvalue weighted by atomic mass is 32.2. The van der Waals surface area contributed by atoms with Crippen molar-refractivity contribution in [2.45, 2.75) is 24.8 Å². The van der Waals surface area contributed by atoms with Crippen LogP contribution in [-0.4, -0.2) is 9.55 Å². The molecule has 0 bridgehead atoms. The molecule has 0 amide bonds. The second-order valence-electron chi connectivity index (χ2n) is 6.50. The summed E-state index contributed by atoms with van der Waals surface area (Å²) in [5, 5.41) is 2.37. The predicted molar refractivity (Wildman–Crippen MR) is 111 cm³/mol. The minimum atomic E-state index is -0.883. The number of rotatable bonds is 4. The van der Waals surface area contributed by atoms with Crippen molar-refractivity contribution in [3.8, 4) is 5.69 Å². The normalized spacial score (nSPS) is 11.3. The molecule has 0 radical (unpaired) electrons. The second-order valence-corrected chi connectivity index (χ2v) is 8.36. The average Bonchev–Trinajstić information content (AvgIpc) is 3.14. The van der Waals surface area contributed by atoms with Crippen LogP contribution in [0.2, 0.25) is 0 Å². The Morgan fingerprint density at radius 3 is 2.68 bits per heavy atom. The summed E-state index contributed by atoms with van der Waals surface area (Å²) in [5.74, 6) is -1.39. The highest BCUT2D eigenvalue weighted by Crippen LogP contribution is 2.28. The van der Waals surface area contributed by atoms with E-state index in [1.165, 1.54) is 35.2 Å². The smallest absolute Gasteiger partial charge is 0.267 e. The zero-order valence-corrected chi connectivity index (χ0v) is 16.8. The number of hydrogen-bond donors (Lipinski definition) is 0. The lowest BCUT2D eigenvalue weighted by molar-refractivity contribution is 0.507. The molecule has 0 N–H and O–H groups in total. The fourth-order valence-electron chi connectivity index (χ4n) is 2.94. The lowest BCUT2D eigenvalue weighted by Gasteiger charge is -2.15. The zero-order chi connectivity index (χ0) is 19.8. The van der Waals surface area contributed by atoms with Gasteiger partial charge in [0, 0.05) is 5.75 Å². The highest BCUT2D eigenvalue weighted by molar-refractivity contribution is 7.98. The minimum Gasteiger partial charge on any atom is -0.267 e. The van der Waals surface area contributed by atoms with Gasteiger partial charge in [-0.3, -0.25) is 9.36 Å². The van der Waals surface area contributed by atoms with Crippen LogP contribution >= 0.6 is 23.1 Å². The van der Waals surface area contributed by atoms with Crippen LogP contribution in [0.15, 0.2) is 57.8 Å². The van der Waals surface area contributed by atoms with E-state index >= 15 is 0 Å². The summed E-state index contributed by atoms with van der Waals surface area (Å²) in [6, 6.07) is 11.6. The summed E-state index contributed by atoms with van der Waals surface area (Å²) in [5.41, 5.74) is 3.91. The van der Waals surface area contributed by atoms with Gasteiger partial charge in [0.05, 0.1) is 11.2 Å². The number of fused-ring (bicyclic) bond motifs is 1. The lowest BCUT2D eigenvalue weighted by atomic mass is 10.1. The minimum absolute atomic E-state index is 0.124. The largest absolute Gasteiger partial charge is 0.276 e. The van der Waals surface area contributed by atoms with Gasteiger partial charge in [-0.1, -0.05) is 30.0 Å². The fraction of sp³-hybridized carbons (Fsp3) is 0.143. The molecule has 0 aliphatic heterocycles. The van der Waals surface area contributed by atoms with Gasteiger partial charge in [0.15, 0.2) is 16.8 Å². The van der Waals surface area contributed by atoms with Gasteiger partial charge in [-0.05, 0) is 60.2 Å². The molecule has 2 heterocycles. The molecule has 0 atom stereocenters. The first-order valence-corrected chi connectivity index (χ1v) is 10.4. The molecule has 142 valence electrons. The number of aromatic nitrogens is 2. The predicted octanol–water partition coefficient (Wildman–Crippen LogP) is 5.63. The van der Waals surface area contributed by atoms with Crippen molar-refractivity contribution >= 4 is 33.3 Å². The van der Waals surface area contributed by atoms with Crippen LogP contribution in [0, 0.1) is 25.5 Å². The van der Waals surface area contributed by atoms with E-state index < -0.39 is 11.6 Å². The van der Waals surface area contributed by atoms with Crippen LogP contribution in [-0.2, 0) is 5.75 Å². The number of thiophene rings is 1. The Bertz CT molecular complexity index is 1250. The molecular weight excluding hydrogens is 398 g/mol. The van der Waals surface area contributed by atoms with Crippen molar-refractivity contribution < 1.29 is 8.78 Å². The van der Waals surface area contributed by atoms with E-state index in [1.54, 1.807) is 4.57 Å². The maximum absolute atomic E-state index is 13.5. The van der Waals surface area contributed by atoms with Crippen LogP contribution in [0.3, 0.4) is 0 Å². The third kappa shape index (κ3) is 3.47. The van der Waals surface area contributed by atoms with E-state index in [-0.39, 0.29) is 5.56 Å². The monoisotopic (exact) mass is 414 g/mol. The first kappa shape index (κ1) is 18.8. The molecule has 0 unspecified atom stereocenters. The van der Waals surface area contributed by atoms with E-state index in [4.69, 9.17) is 0 Å². The lowest BCUT2D eigenvalue weighted by Crippen LogP contribution is -2.21. The number of hydrogen-bond acceptors (Lipinski definition) is 4. The molecule has 0 saturated heterocycles. The Hall–Kier alpha value is -2.51. The second kappa shape index (κ2) is 7.48. The standard InChI is InChI=1S/C21H16F2N2OS2/c1-12-3-4-13(2)18(9-12)25-20(26)19-17(7-8-27-19)24-21(25)28-11-14-5-6-15(22)16(23)10-14/h3-10H,11H2,1-2H3. The van der Waals surface area contributed by atoms with E-state index in [0.29, 0.717) is 26.7 Å². The van der Waals surface area contributed by atoms with E-state index in [1.807, 2.05) is 43.5 Å². The van der Waals surface area contributed by atoms with Gasteiger partial charge in [-0.2, -0.15) is 0 Å². The molecule has 7 heteroatoms. The van der Waals surface area contributed by atoms with Gasteiger partial charge >= 0.3 is 0 Å². The van der Waals surface area contributed by atoms with E-state index in [0.717, 1.165) is 22.9 Å². The van der Waals surface area contributed by atoms with Crippen molar-refractivity contribution in [1.29, 1.82) is 0 Å². The van der Waals surface area contributed by atoms with Gasteiger partial charge in [-0.15, -0.1) is 11.3 Å². The van der Waals surface area contributed by atoms with Crippen molar-refractivity contribution in [1.82, 2.24) is 9.55 Å². The first-order valence-electron chi connectivity index (χ1n) is 8.58. The van der Waals surface area contributed by atoms with E-state index in [9.17, 15) is 13.6 Å². The highest BCUT2D eigenvalue weighted by Gasteiger charge is 2.16. The van der Waals surface area contributed by atoms with Crippen molar-refractivity contribution in [2.75, 3.05) is 0 Å². The molecule has 4 aromatic rings. The molecule has 0 saturated carbocycles. The third-order valence-corrected chi connectivity index (χ3v) is 6.31. The molecule has 0 fully saturated rings. The molecule has 0 aliphatic rings. The molecule has 3 nitrogen and oxygen atoms in total. The quantitative estimate of drug-likeness (QED) is 0.320. The Morgan fingerprint density at radius 1 is 1.07 bits per heavy atom. The third-order valence-electron chi connectivity index (χ3n) is 4.41. The Labute approximate surface area is 168 Å². The number of aryl methyl sites for hydroxylation is 2. The van der Waals surface area contributed by atoms with Gasteiger partial charge in [0.25, 0.3) is 5.56 Å². The van der Waals surface area contributed by atoms with Crippen molar-refractivity contribution in [3.05, 3.63) is 86.5 Å². The number of nitrogens with zero attached hydrogens (tertiary/aromatic N) is 2. The Kier molecular flexibility index (Phi) is 5.03. The summed E-state index contributed by atoms with van der Waals surface area (Å²) in [4.78, 5) is 17.9. The average molecular weight is 415 g/mol. The van der Waals surface area contributed by atoms with Crippen LogP contribution in [0.5, 0.6) is 0 Å². The summed E-state index contributed by atoms with van der Waals surface area (Å²) in [7, 11) is 0. The van der Waals surface area contributed by atoms with Crippen LogP contribution in [0.25, 0.3) is 15.9 Å². The van der Waals surface area contributed by atoms with Crippen molar-refractivity contribution in [2.24, 2.45) is 0 Å². The zero-order valence-electron chi connectivity index (χ0n) is 15.2. The SMILES string of the molecule is Cc1ccc(C)c(-n2c(SCc3ccc(F)c(F)c3)nc3ccsc3c2=O)c1. The van der Waals surface area contributed by atoms with Gasteiger partial charge in [0.1, 0.15) is 4.70 Å². The van der Waals surface area contributed by atoms with Gasteiger partial charge < -0.3 is 0 Å². The van der Waals surface area contributed by atoms with Gasteiger partial charge in [0.2, 0.25) is 0 Å². The maximum atomic E-state index is 13.5. The molecule has 4 rings (SSSR count). The Morgan fingerprint density at radius 2 is 1.89 bits per heavy atom. The summed E-state index contributed by atoms with van der Waals surface area (Å²) >= 11 is 2.69. The summed E-state index contributed by atoms with van der Waals surface area (Å²) in [6.07, 6.45) is 0. The molecule has 2 aromatic heterocycles. The number of halogens is 2. The van der Waals surface area contributed by atoms with Crippen LogP contribution in [0.4, 0.5) is 8.78 Å². The van der Waals surface area contributed by atoms with Crippen LogP contribution in [0.1, 0.15) is 16.7 Å². The topological polar surface area (TPSA) is 34.9 Å². The Balaban J connectivity index is 1.83. The molecule has 2 aromatic carbocycles. The molecule has 0 spiro atoms. The first-order chi connectivity index (χ1) is 13.4. The number of thioether (sulfide) groups is 1. The number of benzene rings is 2. The summed E-state index contributed by atoms with van der Waals surface area (Å²) < 4.78 is 28.9. The van der Waals surface area contributed by atoms with Crippen molar-refractivity contribution in [3.63, 3.8) is 0 Å². The molecule has 0 aliphatic carbocycles. The maximum Gasteiger partial charge on any atom is 0.276 e.